The zero-order chi connectivity index (χ0) is 16.4. The Hall–Kier alpha value is -2.80. The first-order valence-corrected chi connectivity index (χ1v) is 8.55. The maximum atomic E-state index is 4.71. The second kappa shape index (κ2) is 6.37. The van der Waals surface area contributed by atoms with Crippen molar-refractivity contribution in [1.82, 2.24) is 29.5 Å². The molecule has 0 bridgehead atoms. The number of nitrogens with one attached hydrogen (secondary N) is 1. The average Bonchev–Trinajstić information content (AvgIpc) is 3.34. The van der Waals surface area contributed by atoms with Crippen molar-refractivity contribution >= 4 is 11.3 Å². The SMILES string of the molecule is Cc1[nH]cnc1-c1nccn1CCc1csc(-c2cccnc2)n1. The lowest BCUT2D eigenvalue weighted by molar-refractivity contribution is 0.693. The normalized spacial score (nSPS) is 11.0. The summed E-state index contributed by atoms with van der Waals surface area (Å²) in [7, 11) is 0. The average molecular weight is 336 g/mol. The van der Waals surface area contributed by atoms with Gasteiger partial charge in [-0.1, -0.05) is 0 Å². The summed E-state index contributed by atoms with van der Waals surface area (Å²) < 4.78 is 2.12. The van der Waals surface area contributed by atoms with Crippen LogP contribution in [0.3, 0.4) is 0 Å². The fourth-order valence-electron chi connectivity index (χ4n) is 2.57. The van der Waals surface area contributed by atoms with Gasteiger partial charge in [0.25, 0.3) is 0 Å². The third kappa shape index (κ3) is 2.85. The lowest BCUT2D eigenvalue weighted by atomic mass is 10.3. The predicted octanol–water partition coefficient (Wildman–Crippen LogP) is 3.34. The highest BCUT2D eigenvalue weighted by Crippen LogP contribution is 2.23. The van der Waals surface area contributed by atoms with Gasteiger partial charge in [-0.3, -0.25) is 4.98 Å². The fraction of sp³-hybridized carbons (Fsp3) is 0.176. The van der Waals surface area contributed by atoms with Crippen molar-refractivity contribution in [3.63, 3.8) is 0 Å². The number of thiazole rings is 1. The zero-order valence-electron chi connectivity index (χ0n) is 13.2. The van der Waals surface area contributed by atoms with Gasteiger partial charge >= 0.3 is 0 Å². The van der Waals surface area contributed by atoms with Crippen LogP contribution in [-0.4, -0.2) is 29.5 Å². The van der Waals surface area contributed by atoms with Gasteiger partial charge in [-0.15, -0.1) is 11.3 Å². The van der Waals surface area contributed by atoms with Crippen LogP contribution in [-0.2, 0) is 13.0 Å². The molecule has 6 nitrogen and oxygen atoms in total. The molecule has 0 fully saturated rings. The van der Waals surface area contributed by atoms with Crippen LogP contribution < -0.4 is 0 Å². The summed E-state index contributed by atoms with van der Waals surface area (Å²) >= 11 is 1.65. The van der Waals surface area contributed by atoms with E-state index in [2.05, 4.69) is 29.9 Å². The van der Waals surface area contributed by atoms with Crippen LogP contribution in [0.5, 0.6) is 0 Å². The Morgan fingerprint density at radius 2 is 2.21 bits per heavy atom. The minimum absolute atomic E-state index is 0.817. The first kappa shape index (κ1) is 14.8. The molecule has 0 spiro atoms. The van der Waals surface area contributed by atoms with Crippen LogP contribution in [0.25, 0.3) is 22.1 Å². The molecule has 0 unspecified atom stereocenters. The summed E-state index contributed by atoms with van der Waals surface area (Å²) in [6.45, 7) is 2.82. The van der Waals surface area contributed by atoms with Crippen LogP contribution in [0.15, 0.2) is 48.6 Å². The number of aryl methyl sites for hydroxylation is 3. The van der Waals surface area contributed by atoms with E-state index >= 15 is 0 Å². The van der Waals surface area contributed by atoms with Crippen molar-refractivity contribution in [3.05, 3.63) is 60.0 Å². The summed E-state index contributed by atoms with van der Waals surface area (Å²) in [5.41, 5.74) is 4.06. The molecule has 0 radical (unpaired) electrons. The number of hydrogen-bond acceptors (Lipinski definition) is 5. The minimum Gasteiger partial charge on any atom is -0.348 e. The van der Waals surface area contributed by atoms with Crippen molar-refractivity contribution in [3.8, 4) is 22.1 Å². The van der Waals surface area contributed by atoms with Crippen molar-refractivity contribution in [2.45, 2.75) is 19.9 Å². The van der Waals surface area contributed by atoms with Gasteiger partial charge in [-0.05, 0) is 19.1 Å². The monoisotopic (exact) mass is 336 g/mol. The number of imidazole rings is 2. The Balaban J connectivity index is 1.50. The smallest absolute Gasteiger partial charge is 0.160 e. The summed E-state index contributed by atoms with van der Waals surface area (Å²) in [5.74, 6) is 0.886. The maximum Gasteiger partial charge on any atom is 0.160 e. The summed E-state index contributed by atoms with van der Waals surface area (Å²) in [6.07, 6.45) is 9.96. The van der Waals surface area contributed by atoms with E-state index in [0.717, 1.165) is 46.4 Å². The standard InChI is InChI=1S/C17H16N6S/c1-12-15(21-11-20-12)16-19-6-8-23(16)7-4-14-10-24-17(22-14)13-3-2-5-18-9-13/h2-3,5-6,8-11H,4,7H2,1H3,(H,20,21). The lowest BCUT2D eigenvalue weighted by Gasteiger charge is -2.05. The van der Waals surface area contributed by atoms with Gasteiger partial charge < -0.3 is 9.55 Å². The van der Waals surface area contributed by atoms with E-state index in [-0.39, 0.29) is 0 Å². The third-order valence-corrected chi connectivity index (χ3v) is 4.77. The van der Waals surface area contributed by atoms with E-state index in [1.807, 2.05) is 37.6 Å². The molecule has 4 aromatic heterocycles. The molecule has 0 aromatic carbocycles. The molecule has 4 heterocycles. The van der Waals surface area contributed by atoms with E-state index in [1.165, 1.54) is 0 Å². The number of aromatic amines is 1. The maximum absolute atomic E-state index is 4.71. The van der Waals surface area contributed by atoms with Crippen LogP contribution in [0.4, 0.5) is 0 Å². The minimum atomic E-state index is 0.817. The topological polar surface area (TPSA) is 72.3 Å². The molecule has 0 amide bonds. The molecule has 0 aliphatic rings. The van der Waals surface area contributed by atoms with Crippen molar-refractivity contribution < 1.29 is 0 Å². The third-order valence-electron chi connectivity index (χ3n) is 3.83. The predicted molar refractivity (Wildman–Crippen MR) is 93.6 cm³/mol. The molecule has 1 N–H and O–H groups in total. The first-order chi connectivity index (χ1) is 11.8. The van der Waals surface area contributed by atoms with E-state index in [0.29, 0.717) is 0 Å². The van der Waals surface area contributed by atoms with Gasteiger partial charge in [0.15, 0.2) is 5.82 Å². The Kier molecular flexibility index (Phi) is 3.92. The molecule has 24 heavy (non-hydrogen) atoms. The largest absolute Gasteiger partial charge is 0.348 e. The summed E-state index contributed by atoms with van der Waals surface area (Å²) in [6, 6.07) is 3.96. The molecule has 0 saturated carbocycles. The van der Waals surface area contributed by atoms with Crippen molar-refractivity contribution in [1.29, 1.82) is 0 Å². The van der Waals surface area contributed by atoms with Crippen molar-refractivity contribution in [2.75, 3.05) is 0 Å². The van der Waals surface area contributed by atoms with E-state index in [1.54, 1.807) is 23.9 Å². The first-order valence-electron chi connectivity index (χ1n) is 7.67. The Bertz CT molecular complexity index is 937. The summed E-state index contributed by atoms with van der Waals surface area (Å²) in [5, 5.41) is 3.12. The second-order valence-electron chi connectivity index (χ2n) is 5.46. The highest BCUT2D eigenvalue weighted by Gasteiger charge is 2.12. The molecule has 0 aliphatic heterocycles. The number of nitrogens with zero attached hydrogens (tertiary/aromatic N) is 5. The molecular weight excluding hydrogens is 320 g/mol. The van der Waals surface area contributed by atoms with Gasteiger partial charge in [0.05, 0.1) is 12.0 Å². The second-order valence-corrected chi connectivity index (χ2v) is 6.31. The van der Waals surface area contributed by atoms with Gasteiger partial charge in [0.2, 0.25) is 0 Å². The lowest BCUT2D eigenvalue weighted by Crippen LogP contribution is -2.03. The molecule has 7 heteroatoms. The number of rotatable bonds is 5. The van der Waals surface area contributed by atoms with Crippen LogP contribution >= 0.6 is 11.3 Å². The number of hydrogen-bond donors (Lipinski definition) is 1. The van der Waals surface area contributed by atoms with Crippen LogP contribution in [0.2, 0.25) is 0 Å². The molecule has 0 saturated heterocycles. The number of H-pyrrole nitrogens is 1. The molecule has 4 aromatic rings. The Morgan fingerprint density at radius 3 is 3.00 bits per heavy atom. The quantitative estimate of drug-likeness (QED) is 0.607. The number of aromatic nitrogens is 6. The molecule has 4 rings (SSSR count). The van der Waals surface area contributed by atoms with Crippen LogP contribution in [0, 0.1) is 6.92 Å². The van der Waals surface area contributed by atoms with Gasteiger partial charge in [-0.25, -0.2) is 15.0 Å². The molecule has 120 valence electrons. The van der Waals surface area contributed by atoms with Gasteiger partial charge in [0.1, 0.15) is 10.7 Å². The summed E-state index contributed by atoms with van der Waals surface area (Å²) in [4.78, 5) is 20.8. The Morgan fingerprint density at radius 1 is 1.25 bits per heavy atom. The van der Waals surface area contributed by atoms with Gasteiger partial charge in [0, 0.05) is 54.4 Å². The van der Waals surface area contributed by atoms with Crippen LogP contribution in [0.1, 0.15) is 11.4 Å². The zero-order valence-corrected chi connectivity index (χ0v) is 14.0. The van der Waals surface area contributed by atoms with E-state index in [4.69, 9.17) is 4.98 Å². The highest BCUT2D eigenvalue weighted by atomic mass is 32.1. The highest BCUT2D eigenvalue weighted by molar-refractivity contribution is 7.13. The van der Waals surface area contributed by atoms with E-state index < -0.39 is 0 Å². The van der Waals surface area contributed by atoms with E-state index in [9.17, 15) is 0 Å². The molecule has 0 atom stereocenters. The van der Waals surface area contributed by atoms with Gasteiger partial charge in [-0.2, -0.15) is 0 Å². The Labute approximate surface area is 143 Å². The molecule has 0 aliphatic carbocycles. The molecular formula is C17H16N6S. The fourth-order valence-corrected chi connectivity index (χ4v) is 3.41. The number of pyridine rings is 1. The van der Waals surface area contributed by atoms with Crippen molar-refractivity contribution in [2.24, 2.45) is 0 Å².